The van der Waals surface area contributed by atoms with Crippen LogP contribution in [0.5, 0.6) is 0 Å². The van der Waals surface area contributed by atoms with E-state index in [-0.39, 0.29) is 0 Å². The lowest BCUT2D eigenvalue weighted by Crippen LogP contribution is -2.00. The Balaban J connectivity index is 1.09. The van der Waals surface area contributed by atoms with Crippen LogP contribution in [0.3, 0.4) is 0 Å². The average Bonchev–Trinajstić information content (AvgIpc) is 3.74. The van der Waals surface area contributed by atoms with Crippen molar-refractivity contribution in [1.29, 1.82) is 0 Å². The Morgan fingerprint density at radius 1 is 0.373 bits per heavy atom. The Hall–Kier alpha value is -6.98. The molecule has 0 saturated heterocycles. The number of pyridine rings is 1. The molecule has 0 unspecified atom stereocenters. The lowest BCUT2D eigenvalue weighted by Gasteiger charge is -2.11. The van der Waals surface area contributed by atoms with E-state index in [9.17, 15) is 0 Å². The first-order chi connectivity index (χ1) is 25.2. The summed E-state index contributed by atoms with van der Waals surface area (Å²) in [5.41, 5.74) is 11.1. The van der Waals surface area contributed by atoms with E-state index >= 15 is 0 Å². The topological polar surface area (TPSA) is 64.7 Å². The summed E-state index contributed by atoms with van der Waals surface area (Å²) in [5.74, 6) is 1.79. The van der Waals surface area contributed by atoms with E-state index in [1.165, 1.54) is 38.4 Å². The first-order valence-corrected chi connectivity index (χ1v) is 17.0. The molecule has 3 heterocycles. The minimum absolute atomic E-state index is 0.590. The van der Waals surface area contributed by atoms with Gasteiger partial charge in [-0.1, -0.05) is 121 Å². The Bertz CT molecular complexity index is 3050. The minimum Gasteiger partial charge on any atom is -0.456 e. The molecule has 0 N–H and O–H groups in total. The van der Waals surface area contributed by atoms with E-state index in [1.54, 1.807) is 0 Å². The molecule has 0 amide bonds. The van der Waals surface area contributed by atoms with Crippen molar-refractivity contribution in [2.45, 2.75) is 0 Å². The van der Waals surface area contributed by atoms with Gasteiger partial charge in [-0.05, 0) is 68.6 Å². The van der Waals surface area contributed by atoms with E-state index < -0.39 is 0 Å². The van der Waals surface area contributed by atoms with Gasteiger partial charge < -0.3 is 4.42 Å². The summed E-state index contributed by atoms with van der Waals surface area (Å²) in [6.45, 7) is 0. The molecule has 0 aliphatic heterocycles. The third-order valence-corrected chi connectivity index (χ3v) is 10.1. The molecule has 11 rings (SSSR count). The smallest absolute Gasteiger partial charge is 0.164 e. The van der Waals surface area contributed by atoms with Crippen LogP contribution in [0.1, 0.15) is 0 Å². The first kappa shape index (κ1) is 27.9. The van der Waals surface area contributed by atoms with Crippen LogP contribution >= 0.6 is 0 Å². The molecule has 1 aliphatic rings. The van der Waals surface area contributed by atoms with Crippen molar-refractivity contribution in [2.24, 2.45) is 0 Å². The summed E-state index contributed by atoms with van der Waals surface area (Å²) in [7, 11) is 0. The van der Waals surface area contributed by atoms with Gasteiger partial charge in [0.2, 0.25) is 0 Å². The van der Waals surface area contributed by atoms with Crippen molar-refractivity contribution in [1.82, 2.24) is 19.9 Å². The molecule has 5 nitrogen and oxygen atoms in total. The van der Waals surface area contributed by atoms with Crippen molar-refractivity contribution in [3.05, 3.63) is 158 Å². The maximum atomic E-state index is 6.25. The second kappa shape index (κ2) is 10.8. The normalized spacial score (nSPS) is 11.9. The molecule has 0 saturated carbocycles. The quantitative estimate of drug-likeness (QED) is 0.190. The summed E-state index contributed by atoms with van der Waals surface area (Å²) in [5, 5.41) is 6.85. The molecule has 7 aromatic carbocycles. The van der Waals surface area contributed by atoms with E-state index in [4.69, 9.17) is 24.4 Å². The molecule has 51 heavy (non-hydrogen) atoms. The molecule has 3 aromatic heterocycles. The van der Waals surface area contributed by atoms with Crippen LogP contribution in [-0.2, 0) is 0 Å². The van der Waals surface area contributed by atoms with E-state index in [0.717, 1.165) is 55.3 Å². The predicted octanol–water partition coefficient (Wildman–Crippen LogP) is 11.8. The predicted molar refractivity (Wildman–Crippen MR) is 206 cm³/mol. The van der Waals surface area contributed by atoms with Gasteiger partial charge in [0, 0.05) is 44.8 Å². The summed E-state index contributed by atoms with van der Waals surface area (Å²) >= 11 is 0. The number of aromatic nitrogens is 4. The summed E-state index contributed by atoms with van der Waals surface area (Å²) in [6.07, 6.45) is 2.01. The van der Waals surface area contributed by atoms with Crippen molar-refractivity contribution in [3.63, 3.8) is 0 Å². The van der Waals surface area contributed by atoms with Crippen LogP contribution < -0.4 is 0 Å². The fraction of sp³-hybridized carbons (Fsp3) is 0. The van der Waals surface area contributed by atoms with E-state index in [0.29, 0.717) is 17.5 Å². The van der Waals surface area contributed by atoms with Crippen LogP contribution in [0.25, 0.3) is 111 Å². The lowest BCUT2D eigenvalue weighted by molar-refractivity contribution is 0.669. The number of hydrogen-bond donors (Lipinski definition) is 0. The number of fused-ring (bicyclic) bond motifs is 7. The Kier molecular flexibility index (Phi) is 5.89. The molecule has 236 valence electrons. The minimum atomic E-state index is 0.590. The SMILES string of the molecule is c1cc(-c2cc3c(cn2)-c2cccc4cccc-3c24)cc(-c2nc(-c3ccc4ccccc4c3)nc(-c3cccc4oc5ccccc5c34)n2)c1. The number of benzene rings is 7. The highest BCUT2D eigenvalue weighted by Crippen LogP contribution is 2.47. The molecule has 1 aliphatic carbocycles. The second-order valence-electron chi connectivity index (χ2n) is 13.1. The molecule has 0 radical (unpaired) electrons. The molecule has 0 atom stereocenters. The second-order valence-corrected chi connectivity index (χ2v) is 13.1. The van der Waals surface area contributed by atoms with Gasteiger partial charge in [0.05, 0.1) is 5.69 Å². The number of nitrogens with zero attached hydrogens (tertiary/aromatic N) is 4. The van der Waals surface area contributed by atoms with Gasteiger partial charge in [0.15, 0.2) is 17.5 Å². The van der Waals surface area contributed by atoms with Crippen molar-refractivity contribution in [3.8, 4) is 67.7 Å². The Morgan fingerprint density at radius 2 is 1.02 bits per heavy atom. The maximum Gasteiger partial charge on any atom is 0.164 e. The van der Waals surface area contributed by atoms with Crippen molar-refractivity contribution in [2.75, 3.05) is 0 Å². The Labute approximate surface area is 292 Å². The molecular formula is C46H26N4O. The van der Waals surface area contributed by atoms with Gasteiger partial charge in [-0.15, -0.1) is 0 Å². The van der Waals surface area contributed by atoms with Gasteiger partial charge in [-0.2, -0.15) is 0 Å². The molecule has 0 bridgehead atoms. The number of rotatable bonds is 4. The zero-order valence-corrected chi connectivity index (χ0v) is 27.2. The fourth-order valence-corrected chi connectivity index (χ4v) is 7.70. The zero-order valence-electron chi connectivity index (χ0n) is 27.2. The highest BCUT2D eigenvalue weighted by Gasteiger charge is 2.23. The first-order valence-electron chi connectivity index (χ1n) is 17.0. The highest BCUT2D eigenvalue weighted by atomic mass is 16.3. The third kappa shape index (κ3) is 4.35. The van der Waals surface area contributed by atoms with Crippen LogP contribution in [0, 0.1) is 0 Å². The monoisotopic (exact) mass is 650 g/mol. The van der Waals surface area contributed by atoms with Gasteiger partial charge in [0.25, 0.3) is 0 Å². The van der Waals surface area contributed by atoms with Crippen molar-refractivity contribution < 1.29 is 4.42 Å². The molecule has 0 spiro atoms. The molecule has 10 aromatic rings. The standard InChI is InChI=1S/C46H26N4O/c1-2-10-29-23-32(22-21-27(29)9-1)45-48-44(49-46(50-45)36-18-8-20-41-43(36)35-15-3-4-19-40(35)51-41)31-14-5-13-30(24-31)39-25-37-33-16-6-11-28-12-7-17-34(42(28)33)38(37)26-47-39/h1-26H. The van der Waals surface area contributed by atoms with Gasteiger partial charge in [-0.3, -0.25) is 4.98 Å². The number of hydrogen-bond acceptors (Lipinski definition) is 5. The summed E-state index contributed by atoms with van der Waals surface area (Å²) in [6, 6.07) is 52.4. The largest absolute Gasteiger partial charge is 0.456 e. The van der Waals surface area contributed by atoms with Crippen LogP contribution in [0.4, 0.5) is 0 Å². The average molecular weight is 651 g/mol. The number of para-hydroxylation sites is 1. The fourth-order valence-electron chi connectivity index (χ4n) is 7.70. The Morgan fingerprint density at radius 3 is 1.90 bits per heavy atom. The summed E-state index contributed by atoms with van der Waals surface area (Å²) in [4.78, 5) is 20.4. The number of furan rings is 1. The van der Waals surface area contributed by atoms with Crippen molar-refractivity contribution >= 4 is 43.5 Å². The van der Waals surface area contributed by atoms with Gasteiger partial charge in [0.1, 0.15) is 11.2 Å². The molecular weight excluding hydrogens is 625 g/mol. The van der Waals surface area contributed by atoms with Gasteiger partial charge >= 0.3 is 0 Å². The van der Waals surface area contributed by atoms with Crippen LogP contribution in [0.2, 0.25) is 0 Å². The zero-order chi connectivity index (χ0) is 33.5. The molecule has 5 heteroatoms. The lowest BCUT2D eigenvalue weighted by atomic mass is 10.0. The molecule has 0 fully saturated rings. The van der Waals surface area contributed by atoms with E-state index in [2.05, 4.69) is 121 Å². The highest BCUT2D eigenvalue weighted by molar-refractivity contribution is 6.15. The van der Waals surface area contributed by atoms with Crippen LogP contribution in [0.15, 0.2) is 162 Å². The maximum absolute atomic E-state index is 6.25. The van der Waals surface area contributed by atoms with Gasteiger partial charge in [-0.25, -0.2) is 15.0 Å². The third-order valence-electron chi connectivity index (χ3n) is 10.1. The van der Waals surface area contributed by atoms with Crippen LogP contribution in [-0.4, -0.2) is 19.9 Å². The summed E-state index contributed by atoms with van der Waals surface area (Å²) < 4.78 is 6.25. The van der Waals surface area contributed by atoms with E-state index in [1.807, 2.05) is 36.5 Å².